The van der Waals surface area contributed by atoms with Crippen molar-refractivity contribution in [1.82, 2.24) is 5.32 Å². The molecule has 0 heterocycles. The van der Waals surface area contributed by atoms with E-state index >= 15 is 0 Å². The fraction of sp³-hybridized carbons (Fsp3) is 0.700. The van der Waals surface area contributed by atoms with Gasteiger partial charge in [-0.25, -0.2) is 0 Å². The Morgan fingerprint density at radius 1 is 0.470 bits per heavy atom. The minimum Gasteiger partial charge on any atom is -0.462 e. The summed E-state index contributed by atoms with van der Waals surface area (Å²) >= 11 is 0. The standard InChI is InChI=1S/C60H103NO5/c1-4-7-10-13-16-19-22-25-27-28-29-30-32-35-38-41-44-47-50-53-60(65)66-56(51-48-45-42-39-36-33-24-21-18-15-12-9-6-3)54-59(64)61-57(55-62)58(63)52-49-46-43-40-37-34-31-26-23-20-17-14-11-8-5-2/h7,9-10,12,15-16,18-19,21,24-25,27,29-30,35,38,56-58,62-63H,4-6,8,11,13-14,17,20,22-23,26,28,31-34,36-37,39-55H2,1-3H3,(H,61,64)/b10-7-,12-9+,18-15+,19-16-,24-21+,27-25-,30-29-,38-35-. The van der Waals surface area contributed by atoms with Crippen LogP contribution in [0.1, 0.15) is 245 Å². The number of hydrogen-bond donors (Lipinski definition) is 3. The van der Waals surface area contributed by atoms with E-state index in [4.69, 9.17) is 4.74 Å². The Kier molecular flexibility index (Phi) is 50.2. The van der Waals surface area contributed by atoms with Crippen LogP contribution in [0.5, 0.6) is 0 Å². The number of unbranched alkanes of at least 4 members (excludes halogenated alkanes) is 22. The van der Waals surface area contributed by atoms with Gasteiger partial charge in [0.05, 0.1) is 25.2 Å². The van der Waals surface area contributed by atoms with Crippen LogP contribution in [0.3, 0.4) is 0 Å². The Bertz CT molecular complexity index is 1310. The number of hydrogen-bond acceptors (Lipinski definition) is 5. The predicted octanol–water partition coefficient (Wildman–Crippen LogP) is 16.9. The fourth-order valence-electron chi connectivity index (χ4n) is 7.87. The second-order valence-corrected chi connectivity index (χ2v) is 18.3. The van der Waals surface area contributed by atoms with Gasteiger partial charge < -0.3 is 20.3 Å². The summed E-state index contributed by atoms with van der Waals surface area (Å²) in [6.07, 6.45) is 70.4. The molecule has 0 rings (SSSR count). The van der Waals surface area contributed by atoms with Crippen LogP contribution in [0.2, 0.25) is 0 Å². The number of carbonyl (C=O) groups excluding carboxylic acids is 2. The first-order valence-corrected chi connectivity index (χ1v) is 27.5. The Morgan fingerprint density at radius 3 is 1.41 bits per heavy atom. The molecule has 0 bridgehead atoms. The molecule has 0 fully saturated rings. The zero-order valence-corrected chi connectivity index (χ0v) is 43.0. The van der Waals surface area contributed by atoms with E-state index in [9.17, 15) is 19.8 Å². The van der Waals surface area contributed by atoms with E-state index in [-0.39, 0.29) is 24.9 Å². The molecule has 0 spiro atoms. The van der Waals surface area contributed by atoms with Crippen LogP contribution in [0.4, 0.5) is 0 Å². The average Bonchev–Trinajstić information content (AvgIpc) is 3.31. The topological polar surface area (TPSA) is 95.9 Å². The van der Waals surface area contributed by atoms with Gasteiger partial charge >= 0.3 is 5.97 Å². The molecule has 0 aromatic carbocycles. The summed E-state index contributed by atoms with van der Waals surface area (Å²) in [6.45, 7) is 6.23. The molecule has 0 aromatic rings. The van der Waals surface area contributed by atoms with Gasteiger partial charge in [0, 0.05) is 6.42 Å². The first kappa shape index (κ1) is 62.8. The van der Waals surface area contributed by atoms with Gasteiger partial charge in [0.1, 0.15) is 6.10 Å². The van der Waals surface area contributed by atoms with Gasteiger partial charge in [0.15, 0.2) is 0 Å². The molecule has 1 amide bonds. The van der Waals surface area contributed by atoms with Gasteiger partial charge in [-0.2, -0.15) is 0 Å². The Balaban J connectivity index is 4.63. The molecule has 6 nitrogen and oxygen atoms in total. The highest BCUT2D eigenvalue weighted by molar-refractivity contribution is 5.77. The van der Waals surface area contributed by atoms with E-state index in [1.807, 2.05) is 0 Å². The molecule has 6 heteroatoms. The molecule has 3 atom stereocenters. The maximum absolute atomic E-state index is 13.2. The fourth-order valence-corrected chi connectivity index (χ4v) is 7.87. The quantitative estimate of drug-likeness (QED) is 0.0245. The first-order valence-electron chi connectivity index (χ1n) is 27.5. The summed E-state index contributed by atoms with van der Waals surface area (Å²) in [5, 5.41) is 23.8. The second-order valence-electron chi connectivity index (χ2n) is 18.3. The highest BCUT2D eigenvalue weighted by Gasteiger charge is 2.24. The van der Waals surface area contributed by atoms with Crippen LogP contribution in [0.25, 0.3) is 0 Å². The highest BCUT2D eigenvalue weighted by Crippen LogP contribution is 2.18. The number of ether oxygens (including phenoxy) is 1. The third-order valence-electron chi connectivity index (χ3n) is 12.0. The van der Waals surface area contributed by atoms with E-state index < -0.39 is 18.2 Å². The first-order chi connectivity index (χ1) is 32.5. The number of esters is 1. The predicted molar refractivity (Wildman–Crippen MR) is 287 cm³/mol. The summed E-state index contributed by atoms with van der Waals surface area (Å²) in [5.74, 6) is -0.536. The van der Waals surface area contributed by atoms with Crippen LogP contribution in [0, 0.1) is 0 Å². The van der Waals surface area contributed by atoms with Crippen molar-refractivity contribution in [2.75, 3.05) is 6.61 Å². The number of allylic oxidation sites excluding steroid dienone is 16. The lowest BCUT2D eigenvalue weighted by atomic mass is 10.0. The number of amides is 1. The lowest BCUT2D eigenvalue weighted by Gasteiger charge is -2.24. The molecule has 66 heavy (non-hydrogen) atoms. The molecule has 3 N–H and O–H groups in total. The van der Waals surface area contributed by atoms with Crippen molar-refractivity contribution in [2.45, 2.75) is 264 Å². The van der Waals surface area contributed by atoms with Crippen LogP contribution in [-0.2, 0) is 14.3 Å². The number of aliphatic hydroxyl groups is 2. The zero-order valence-electron chi connectivity index (χ0n) is 43.0. The van der Waals surface area contributed by atoms with Crippen molar-refractivity contribution >= 4 is 11.9 Å². The Hall–Kier alpha value is -3.22. The van der Waals surface area contributed by atoms with Gasteiger partial charge in [0.25, 0.3) is 0 Å². The Morgan fingerprint density at radius 2 is 0.894 bits per heavy atom. The Labute approximate surface area is 407 Å². The van der Waals surface area contributed by atoms with E-state index in [0.717, 1.165) is 122 Å². The SMILES string of the molecule is CC/C=C\C/C=C\C/C=C\C/C=C\C/C=C\CCCCCC(=O)OC(CCCCCCC/C=C/C=C/C=C/CC)CC(=O)NC(CO)C(O)CCCCCCCCCCCCCCCCC. The lowest BCUT2D eigenvalue weighted by molar-refractivity contribution is -0.151. The molecule has 0 radical (unpaired) electrons. The molecule has 0 aromatic heterocycles. The maximum atomic E-state index is 13.2. The highest BCUT2D eigenvalue weighted by atomic mass is 16.5. The molecule has 0 saturated carbocycles. The van der Waals surface area contributed by atoms with Crippen LogP contribution in [-0.4, -0.2) is 46.9 Å². The average molecular weight is 918 g/mol. The number of rotatable bonds is 48. The normalized spacial score (nSPS) is 14.0. The number of nitrogens with one attached hydrogen (secondary N) is 1. The smallest absolute Gasteiger partial charge is 0.306 e. The number of aliphatic hydroxyl groups excluding tert-OH is 2. The maximum Gasteiger partial charge on any atom is 0.306 e. The second kappa shape index (κ2) is 52.7. The molecular weight excluding hydrogens is 815 g/mol. The molecule has 0 saturated heterocycles. The molecule has 3 unspecified atom stereocenters. The molecule has 0 aliphatic carbocycles. The van der Waals surface area contributed by atoms with E-state index in [2.05, 4.69) is 123 Å². The van der Waals surface area contributed by atoms with Crippen LogP contribution in [0.15, 0.2) is 97.2 Å². The molecule has 0 aliphatic rings. The van der Waals surface area contributed by atoms with Crippen LogP contribution < -0.4 is 5.32 Å². The van der Waals surface area contributed by atoms with Crippen LogP contribution >= 0.6 is 0 Å². The van der Waals surface area contributed by atoms with E-state index in [1.165, 1.54) is 77.0 Å². The van der Waals surface area contributed by atoms with Crippen molar-refractivity contribution < 1.29 is 24.5 Å². The van der Waals surface area contributed by atoms with Crippen molar-refractivity contribution in [3.63, 3.8) is 0 Å². The van der Waals surface area contributed by atoms with Gasteiger partial charge in [-0.1, -0.05) is 240 Å². The largest absolute Gasteiger partial charge is 0.462 e. The minimum atomic E-state index is -0.805. The molecule has 378 valence electrons. The van der Waals surface area contributed by atoms with E-state index in [0.29, 0.717) is 19.3 Å². The van der Waals surface area contributed by atoms with Crippen molar-refractivity contribution in [3.8, 4) is 0 Å². The van der Waals surface area contributed by atoms with Crippen molar-refractivity contribution in [3.05, 3.63) is 97.2 Å². The molecule has 0 aliphatic heterocycles. The van der Waals surface area contributed by atoms with Gasteiger partial charge in [-0.15, -0.1) is 0 Å². The van der Waals surface area contributed by atoms with Gasteiger partial charge in [-0.05, 0) is 89.9 Å². The summed E-state index contributed by atoms with van der Waals surface area (Å²) in [6, 6.07) is -0.721. The van der Waals surface area contributed by atoms with Gasteiger partial charge in [0.2, 0.25) is 5.91 Å². The summed E-state index contributed by atoms with van der Waals surface area (Å²) < 4.78 is 5.92. The molecular formula is C60H103NO5. The summed E-state index contributed by atoms with van der Waals surface area (Å²) in [5.41, 5.74) is 0. The summed E-state index contributed by atoms with van der Waals surface area (Å²) in [7, 11) is 0. The lowest BCUT2D eigenvalue weighted by Crippen LogP contribution is -2.46. The van der Waals surface area contributed by atoms with E-state index in [1.54, 1.807) is 0 Å². The third kappa shape index (κ3) is 47.3. The minimum absolute atomic E-state index is 0.0454. The zero-order chi connectivity index (χ0) is 48.1. The third-order valence-corrected chi connectivity index (χ3v) is 12.0. The number of carbonyl (C=O) groups is 2. The monoisotopic (exact) mass is 918 g/mol. The summed E-state index contributed by atoms with van der Waals surface area (Å²) in [4.78, 5) is 26.2. The van der Waals surface area contributed by atoms with Gasteiger partial charge in [-0.3, -0.25) is 9.59 Å². The van der Waals surface area contributed by atoms with Crippen molar-refractivity contribution in [2.24, 2.45) is 0 Å². The van der Waals surface area contributed by atoms with Crippen molar-refractivity contribution in [1.29, 1.82) is 0 Å².